The number of aliphatic hydroxyl groups is 1. The van der Waals surface area contributed by atoms with E-state index in [9.17, 15) is 29.1 Å². The fourth-order valence-corrected chi connectivity index (χ4v) is 6.20. The fraction of sp³-hybridized carbons (Fsp3) is 0.474. The molecule has 1 heterocycles. The number of benzene rings is 2. The lowest BCUT2D eigenvalue weighted by Gasteiger charge is -2.22. The van der Waals surface area contributed by atoms with Gasteiger partial charge in [0.05, 0.1) is 23.8 Å². The lowest BCUT2D eigenvalue weighted by atomic mass is 9.92. The predicted molar refractivity (Wildman–Crippen MR) is 204 cm³/mol. The van der Waals surface area contributed by atoms with Crippen molar-refractivity contribution in [2.75, 3.05) is 31.6 Å². The second-order valence-corrected chi connectivity index (χ2v) is 14.0. The Bertz CT molecular complexity index is 1730. The molecular formula is C38H53N9O6. The van der Waals surface area contributed by atoms with Gasteiger partial charge in [0.1, 0.15) is 11.9 Å². The quantitative estimate of drug-likeness (QED) is 0.105. The van der Waals surface area contributed by atoms with Gasteiger partial charge >= 0.3 is 6.03 Å². The van der Waals surface area contributed by atoms with Crippen LogP contribution in [0.15, 0.2) is 53.0 Å². The Morgan fingerprint density at radius 2 is 1.77 bits per heavy atom. The Balaban J connectivity index is 1.42. The highest BCUT2D eigenvalue weighted by Gasteiger charge is 2.51. The van der Waals surface area contributed by atoms with Crippen LogP contribution in [-0.2, 0) is 31.1 Å². The van der Waals surface area contributed by atoms with Gasteiger partial charge in [0.15, 0.2) is 0 Å². The summed E-state index contributed by atoms with van der Waals surface area (Å²) >= 11 is 0. The highest BCUT2D eigenvalue weighted by molar-refractivity contribution is 6.05. The predicted octanol–water partition coefficient (Wildman–Crippen LogP) is 1.90. The molecule has 4 rings (SSSR count). The second-order valence-electron chi connectivity index (χ2n) is 14.0. The number of rotatable bonds is 18. The Labute approximate surface area is 310 Å². The van der Waals surface area contributed by atoms with Gasteiger partial charge in [-0.25, -0.2) is 9.79 Å². The third kappa shape index (κ3) is 10.9. The van der Waals surface area contributed by atoms with E-state index >= 15 is 0 Å². The Hall–Kier alpha value is -5.28. The summed E-state index contributed by atoms with van der Waals surface area (Å²) in [6.07, 6.45) is 4.65. The zero-order valence-corrected chi connectivity index (χ0v) is 30.7. The maximum atomic E-state index is 13.7. The maximum absolute atomic E-state index is 13.7. The van der Waals surface area contributed by atoms with Crippen LogP contribution in [0.5, 0.6) is 0 Å². The normalized spacial score (nSPS) is 15.4. The molecule has 286 valence electrons. The molecule has 1 aliphatic heterocycles. The third-order valence-corrected chi connectivity index (χ3v) is 9.43. The number of amidine groups is 1. The Kier molecular flexibility index (Phi) is 14.1. The minimum absolute atomic E-state index is 0.134. The van der Waals surface area contributed by atoms with Crippen molar-refractivity contribution in [3.05, 3.63) is 64.7 Å². The van der Waals surface area contributed by atoms with Crippen LogP contribution in [0.4, 0.5) is 16.2 Å². The molecule has 0 saturated heterocycles. The number of aliphatic hydroxyl groups excluding tert-OH is 1. The number of aliphatic imine (C=N–C) groups is 1. The molecular weight excluding hydrogens is 678 g/mol. The van der Waals surface area contributed by atoms with Gasteiger partial charge in [0.2, 0.25) is 23.6 Å². The monoisotopic (exact) mass is 731 g/mol. The number of hydrogen-bond donors (Lipinski definition) is 8. The SMILES string of the molecule is CCCN(CCO)C(=O)C1=Cc2ccc(C3(C(=O)NCc4cccc(NC(=O)C(CCCNC(N)=O)NC(=O)C(N)C(C)C)c4)CC3)cc2N=C(N)C1. The number of carbonyl (C=O) groups is 5. The molecule has 15 heteroatoms. The van der Waals surface area contributed by atoms with Gasteiger partial charge in [0, 0.05) is 49.4 Å². The number of amides is 6. The van der Waals surface area contributed by atoms with E-state index in [-0.39, 0.29) is 62.7 Å². The molecule has 1 saturated carbocycles. The van der Waals surface area contributed by atoms with Crippen molar-refractivity contribution in [1.82, 2.24) is 20.9 Å². The summed E-state index contributed by atoms with van der Waals surface area (Å²) in [6, 6.07) is 10.3. The lowest BCUT2D eigenvalue weighted by Crippen LogP contribution is -2.51. The van der Waals surface area contributed by atoms with E-state index in [0.717, 1.165) is 23.1 Å². The molecule has 0 spiro atoms. The van der Waals surface area contributed by atoms with Crippen LogP contribution < -0.4 is 38.5 Å². The van der Waals surface area contributed by atoms with E-state index in [4.69, 9.17) is 17.2 Å². The molecule has 2 atom stereocenters. The number of nitrogens with one attached hydrogen (secondary N) is 4. The van der Waals surface area contributed by atoms with Crippen molar-refractivity contribution in [2.24, 2.45) is 28.1 Å². The second kappa shape index (κ2) is 18.5. The summed E-state index contributed by atoms with van der Waals surface area (Å²) in [4.78, 5) is 70.2. The fourth-order valence-electron chi connectivity index (χ4n) is 6.20. The Morgan fingerprint density at radius 3 is 2.43 bits per heavy atom. The number of fused-ring (bicyclic) bond motifs is 1. The van der Waals surface area contributed by atoms with E-state index in [1.54, 1.807) is 29.2 Å². The standard InChI is InChI=1S/C38H53N9O6/c1-4-15-47(16-17-48)35(51)26-19-25-10-11-27(21-30(25)45-31(39)20-26)38(12-13-38)36(52)43-22-24-7-5-8-28(18-24)44-33(49)29(9-6-14-42-37(41)53)46-34(50)32(40)23(2)3/h5,7-8,10-11,18-19,21,23,29,32,48H,4,6,9,12-17,20,22,40H2,1-3H3,(H2,39,45)(H,43,52)(H,44,49)(H,46,50)(H3,41,42,53). The largest absolute Gasteiger partial charge is 0.395 e. The smallest absolute Gasteiger partial charge is 0.312 e. The summed E-state index contributed by atoms with van der Waals surface area (Å²) in [5.41, 5.74) is 20.5. The molecule has 11 N–H and O–H groups in total. The maximum Gasteiger partial charge on any atom is 0.312 e. The first-order valence-corrected chi connectivity index (χ1v) is 18.1. The van der Waals surface area contributed by atoms with E-state index in [1.807, 2.05) is 45.0 Å². The van der Waals surface area contributed by atoms with Crippen molar-refractivity contribution in [1.29, 1.82) is 0 Å². The number of hydrogen-bond acceptors (Lipinski definition) is 9. The molecule has 1 fully saturated rings. The number of nitrogens with zero attached hydrogens (tertiary/aromatic N) is 2. The highest BCUT2D eigenvalue weighted by Crippen LogP contribution is 2.49. The van der Waals surface area contributed by atoms with Gasteiger partial charge in [-0.1, -0.05) is 45.0 Å². The van der Waals surface area contributed by atoms with Crippen molar-refractivity contribution >= 4 is 52.9 Å². The average molecular weight is 732 g/mol. The first-order chi connectivity index (χ1) is 25.3. The zero-order chi connectivity index (χ0) is 38.7. The molecule has 53 heavy (non-hydrogen) atoms. The average Bonchev–Trinajstić information content (AvgIpc) is 3.95. The summed E-state index contributed by atoms with van der Waals surface area (Å²) in [7, 11) is 0. The summed E-state index contributed by atoms with van der Waals surface area (Å²) in [5, 5.41) is 20.5. The van der Waals surface area contributed by atoms with Crippen molar-refractivity contribution in [2.45, 2.75) is 83.3 Å². The van der Waals surface area contributed by atoms with Gasteiger partial charge < -0.3 is 48.5 Å². The first kappa shape index (κ1) is 40.5. The van der Waals surface area contributed by atoms with Gasteiger partial charge in [-0.05, 0) is 73.4 Å². The molecule has 2 aromatic rings. The summed E-state index contributed by atoms with van der Waals surface area (Å²) < 4.78 is 0. The van der Waals surface area contributed by atoms with Crippen molar-refractivity contribution in [3.8, 4) is 0 Å². The van der Waals surface area contributed by atoms with E-state index < -0.39 is 35.3 Å². The van der Waals surface area contributed by atoms with Crippen molar-refractivity contribution < 1.29 is 29.1 Å². The highest BCUT2D eigenvalue weighted by atomic mass is 16.3. The molecule has 0 radical (unpaired) electrons. The Morgan fingerprint density at radius 1 is 1.02 bits per heavy atom. The third-order valence-electron chi connectivity index (χ3n) is 9.43. The number of carbonyl (C=O) groups excluding carboxylic acids is 5. The lowest BCUT2D eigenvalue weighted by molar-refractivity contribution is -0.128. The summed E-state index contributed by atoms with van der Waals surface area (Å²) in [6.45, 7) is 6.65. The van der Waals surface area contributed by atoms with E-state index in [2.05, 4.69) is 26.3 Å². The van der Waals surface area contributed by atoms with Gasteiger partial charge in [-0.2, -0.15) is 0 Å². The topological polar surface area (TPSA) is 247 Å². The minimum atomic E-state index is -0.912. The van der Waals surface area contributed by atoms with Gasteiger partial charge in [0.25, 0.3) is 0 Å². The van der Waals surface area contributed by atoms with Crippen LogP contribution in [0.2, 0.25) is 0 Å². The van der Waals surface area contributed by atoms with Crippen LogP contribution in [-0.4, -0.2) is 83.8 Å². The molecule has 2 unspecified atom stereocenters. The molecule has 0 bridgehead atoms. The van der Waals surface area contributed by atoms with Crippen molar-refractivity contribution in [3.63, 3.8) is 0 Å². The number of primary amides is 1. The molecule has 1 aliphatic carbocycles. The number of anilines is 1. The van der Waals surface area contributed by atoms with Crippen LogP contribution in [0.25, 0.3) is 6.08 Å². The molecule has 0 aromatic heterocycles. The van der Waals surface area contributed by atoms with Crippen LogP contribution in [0.3, 0.4) is 0 Å². The summed E-state index contributed by atoms with van der Waals surface area (Å²) in [5.74, 6) is -1.09. The van der Waals surface area contributed by atoms with Gasteiger partial charge in [-0.15, -0.1) is 0 Å². The molecule has 15 nitrogen and oxygen atoms in total. The number of nitrogens with two attached hydrogens (primary N) is 3. The molecule has 2 aliphatic rings. The van der Waals surface area contributed by atoms with Crippen LogP contribution in [0, 0.1) is 5.92 Å². The van der Waals surface area contributed by atoms with Crippen LogP contribution >= 0.6 is 0 Å². The molecule has 2 aromatic carbocycles. The van der Waals surface area contributed by atoms with Crippen LogP contribution in [0.1, 0.15) is 76.0 Å². The minimum Gasteiger partial charge on any atom is -0.395 e. The molecule has 6 amide bonds. The van der Waals surface area contributed by atoms with Gasteiger partial charge in [-0.3, -0.25) is 19.2 Å². The van der Waals surface area contributed by atoms with E-state index in [0.29, 0.717) is 42.8 Å². The zero-order valence-electron chi connectivity index (χ0n) is 30.7. The number of urea groups is 1. The van der Waals surface area contributed by atoms with E-state index in [1.165, 1.54) is 0 Å². The first-order valence-electron chi connectivity index (χ1n) is 18.1.